The molecule has 6 heteroatoms. The lowest BCUT2D eigenvalue weighted by Gasteiger charge is -2.28. The number of methoxy groups -OCH3 is 3. The number of hydrogen-bond acceptors (Lipinski definition) is 4. The smallest absolute Gasteiger partial charge is 0.274 e. The summed E-state index contributed by atoms with van der Waals surface area (Å²) < 4.78 is 49.6. The highest BCUT2D eigenvalue weighted by molar-refractivity contribution is 5.74. The predicted octanol–water partition coefficient (Wildman–Crippen LogP) is 5.75. The Labute approximate surface area is 169 Å². The van der Waals surface area contributed by atoms with E-state index < -0.39 is 11.7 Å². The Morgan fingerprint density at radius 2 is 1.62 bits per heavy atom. The average molecular weight is 402 g/mol. The summed E-state index contributed by atoms with van der Waals surface area (Å²) in [4.78, 5) is 0. The van der Waals surface area contributed by atoms with Gasteiger partial charge >= 0.3 is 0 Å². The lowest BCUT2D eigenvalue weighted by atomic mass is 9.95. The monoisotopic (exact) mass is 402 g/mol. The van der Waals surface area contributed by atoms with E-state index in [1.165, 1.54) is 21.3 Å². The number of allylic oxidation sites excluding steroid dienone is 1. The van der Waals surface area contributed by atoms with Crippen molar-refractivity contribution >= 4 is 11.6 Å². The number of benzene rings is 2. The second-order valence-corrected chi connectivity index (χ2v) is 7.24. The minimum atomic E-state index is -1.74. The summed E-state index contributed by atoms with van der Waals surface area (Å²) in [5, 5.41) is 0. The van der Waals surface area contributed by atoms with Crippen LogP contribution in [0.2, 0.25) is 0 Å². The molecule has 0 N–H and O–H groups in total. The van der Waals surface area contributed by atoms with Gasteiger partial charge in [-0.2, -0.15) is 8.78 Å². The molecule has 0 fully saturated rings. The van der Waals surface area contributed by atoms with Gasteiger partial charge in [-0.15, -0.1) is 0 Å². The van der Waals surface area contributed by atoms with Crippen LogP contribution in [0.3, 0.4) is 0 Å². The van der Waals surface area contributed by atoms with Crippen molar-refractivity contribution in [2.45, 2.75) is 25.9 Å². The molecule has 29 heavy (non-hydrogen) atoms. The lowest BCUT2D eigenvalue weighted by molar-refractivity contribution is 0.159. The lowest BCUT2D eigenvalue weighted by Crippen LogP contribution is -2.27. The van der Waals surface area contributed by atoms with Gasteiger partial charge in [-0.1, -0.05) is 12.1 Å². The fourth-order valence-corrected chi connectivity index (χ4v) is 3.29. The molecule has 2 aromatic carbocycles. The molecule has 4 nitrogen and oxygen atoms in total. The minimum absolute atomic E-state index is 0.00784. The van der Waals surface area contributed by atoms with Crippen LogP contribution in [0.25, 0.3) is 11.6 Å². The molecular formula is C23H24F2O4. The summed E-state index contributed by atoms with van der Waals surface area (Å²) in [6.07, 6.45) is 2.08. The van der Waals surface area contributed by atoms with Crippen LogP contribution in [0.15, 0.2) is 42.5 Å². The van der Waals surface area contributed by atoms with Crippen molar-refractivity contribution in [3.63, 3.8) is 0 Å². The van der Waals surface area contributed by atoms with Gasteiger partial charge in [0.15, 0.2) is 11.5 Å². The first kappa shape index (κ1) is 20.7. The Morgan fingerprint density at radius 3 is 2.17 bits per heavy atom. The molecule has 1 aliphatic rings. The molecule has 1 aliphatic heterocycles. The Hall–Kier alpha value is -3.02. The topological polar surface area (TPSA) is 36.9 Å². The minimum Gasteiger partial charge on any atom is -0.493 e. The van der Waals surface area contributed by atoms with E-state index in [9.17, 15) is 8.78 Å². The second-order valence-electron chi connectivity index (χ2n) is 7.24. The largest absolute Gasteiger partial charge is 0.493 e. The maximum Gasteiger partial charge on any atom is 0.274 e. The number of halogens is 2. The van der Waals surface area contributed by atoms with Crippen molar-refractivity contribution in [3.05, 3.63) is 59.2 Å². The van der Waals surface area contributed by atoms with E-state index in [2.05, 4.69) is 0 Å². The van der Waals surface area contributed by atoms with E-state index in [0.29, 0.717) is 34.1 Å². The van der Waals surface area contributed by atoms with Gasteiger partial charge in [-0.05, 0) is 55.3 Å². The molecular weight excluding hydrogens is 378 g/mol. The van der Waals surface area contributed by atoms with Crippen molar-refractivity contribution in [2.75, 3.05) is 21.3 Å². The van der Waals surface area contributed by atoms with Crippen molar-refractivity contribution < 1.29 is 27.7 Å². The molecule has 0 spiro atoms. The van der Waals surface area contributed by atoms with E-state index in [1.807, 2.05) is 26.0 Å². The summed E-state index contributed by atoms with van der Waals surface area (Å²) in [5.41, 5.74) is 1.33. The van der Waals surface area contributed by atoms with Crippen LogP contribution in [0.4, 0.5) is 8.78 Å². The van der Waals surface area contributed by atoms with Crippen LogP contribution in [0.5, 0.6) is 23.0 Å². The normalized spacial score (nSPS) is 13.9. The molecule has 0 bridgehead atoms. The van der Waals surface area contributed by atoms with Crippen molar-refractivity contribution in [3.8, 4) is 23.0 Å². The van der Waals surface area contributed by atoms with E-state index >= 15 is 0 Å². The van der Waals surface area contributed by atoms with Crippen LogP contribution in [-0.4, -0.2) is 26.9 Å². The Balaban J connectivity index is 1.98. The molecule has 154 valence electrons. The zero-order chi connectivity index (χ0) is 21.2. The van der Waals surface area contributed by atoms with Crippen LogP contribution in [-0.2, 0) is 6.42 Å². The maximum absolute atomic E-state index is 13.9. The third-order valence-corrected chi connectivity index (χ3v) is 4.73. The van der Waals surface area contributed by atoms with Crippen molar-refractivity contribution in [1.29, 1.82) is 0 Å². The van der Waals surface area contributed by atoms with Crippen LogP contribution >= 0.6 is 0 Å². The summed E-state index contributed by atoms with van der Waals surface area (Å²) in [7, 11) is 4.48. The van der Waals surface area contributed by atoms with Gasteiger partial charge in [0, 0.05) is 17.6 Å². The summed E-state index contributed by atoms with van der Waals surface area (Å²) in [5.74, 6) is 1.94. The molecule has 0 saturated carbocycles. The fourth-order valence-electron chi connectivity index (χ4n) is 3.29. The summed E-state index contributed by atoms with van der Waals surface area (Å²) in [6.45, 7) is 3.88. The number of rotatable bonds is 6. The molecule has 0 saturated heterocycles. The third kappa shape index (κ3) is 4.36. The van der Waals surface area contributed by atoms with E-state index in [-0.39, 0.29) is 12.0 Å². The van der Waals surface area contributed by atoms with Gasteiger partial charge in [-0.25, -0.2) is 0 Å². The first-order valence-electron chi connectivity index (χ1n) is 9.13. The van der Waals surface area contributed by atoms with Crippen molar-refractivity contribution in [1.82, 2.24) is 0 Å². The molecule has 0 aliphatic carbocycles. The zero-order valence-corrected chi connectivity index (χ0v) is 17.1. The van der Waals surface area contributed by atoms with E-state index in [1.54, 1.807) is 30.3 Å². The molecule has 0 atom stereocenters. The molecule has 1 heterocycles. The van der Waals surface area contributed by atoms with E-state index in [4.69, 9.17) is 18.9 Å². The summed E-state index contributed by atoms with van der Waals surface area (Å²) in [6, 6.07) is 8.45. The van der Waals surface area contributed by atoms with Gasteiger partial charge in [0.1, 0.15) is 11.4 Å². The standard InChI is InChI=1S/C23H24F2O4/c1-23(2)9-8-16-13-15(6-7-18(16)29-23)17(22(24)25)10-14-11-19(26-3)21(28-5)20(12-14)27-4/h6-9,11-13H,10H2,1-5H3. The molecule has 0 unspecified atom stereocenters. The SMILES string of the molecule is COc1cc(CC(=C(F)F)c2ccc3c(c2)C=CC(C)(C)O3)cc(OC)c1OC. The number of ether oxygens (including phenoxy) is 4. The Bertz CT molecular complexity index is 948. The summed E-state index contributed by atoms with van der Waals surface area (Å²) >= 11 is 0. The Kier molecular flexibility index (Phi) is 5.82. The van der Waals surface area contributed by atoms with Crippen LogP contribution in [0, 0.1) is 0 Å². The zero-order valence-electron chi connectivity index (χ0n) is 17.1. The molecule has 0 radical (unpaired) electrons. The van der Waals surface area contributed by atoms with Gasteiger partial charge < -0.3 is 18.9 Å². The van der Waals surface area contributed by atoms with Crippen LogP contribution in [0.1, 0.15) is 30.5 Å². The van der Waals surface area contributed by atoms with Gasteiger partial charge in [-0.3, -0.25) is 0 Å². The number of hydrogen-bond donors (Lipinski definition) is 0. The molecule has 2 aromatic rings. The quantitative estimate of drug-likeness (QED) is 0.617. The first-order chi connectivity index (χ1) is 13.8. The van der Waals surface area contributed by atoms with Gasteiger partial charge in [0.05, 0.1) is 21.3 Å². The number of fused-ring (bicyclic) bond motifs is 1. The van der Waals surface area contributed by atoms with Crippen LogP contribution < -0.4 is 18.9 Å². The highest BCUT2D eigenvalue weighted by Crippen LogP contribution is 2.40. The molecule has 0 aromatic heterocycles. The fraction of sp³-hybridized carbons (Fsp3) is 0.304. The van der Waals surface area contributed by atoms with Gasteiger partial charge in [0.2, 0.25) is 5.75 Å². The average Bonchev–Trinajstić information content (AvgIpc) is 2.70. The maximum atomic E-state index is 13.9. The molecule has 0 amide bonds. The second kappa shape index (κ2) is 8.15. The highest BCUT2D eigenvalue weighted by atomic mass is 19.3. The third-order valence-electron chi connectivity index (χ3n) is 4.73. The van der Waals surface area contributed by atoms with Crippen molar-refractivity contribution in [2.24, 2.45) is 0 Å². The highest BCUT2D eigenvalue weighted by Gasteiger charge is 2.23. The first-order valence-corrected chi connectivity index (χ1v) is 9.13. The Morgan fingerprint density at radius 1 is 0.966 bits per heavy atom. The molecule has 3 rings (SSSR count). The van der Waals surface area contributed by atoms with E-state index in [0.717, 1.165) is 5.56 Å². The predicted molar refractivity (Wildman–Crippen MR) is 109 cm³/mol. The van der Waals surface area contributed by atoms with Gasteiger partial charge in [0.25, 0.3) is 6.08 Å².